The van der Waals surface area contributed by atoms with Gasteiger partial charge in [-0.15, -0.1) is 0 Å². The van der Waals surface area contributed by atoms with E-state index in [1.54, 1.807) is 0 Å². The standard InChI is InChI=1S/C27H29N3O3/c31-19-24(17-25-27(33)26(32)11-12-29-25)23-9-7-21(8-10-23)2-1-20-3-5-22(6-4-20)18-30-15-13-28-14-16-30/h3-10,12,24,28,31,33H,11,13-19H2. The van der Waals surface area contributed by atoms with E-state index in [2.05, 4.69) is 51.3 Å². The van der Waals surface area contributed by atoms with Gasteiger partial charge in [-0.25, -0.2) is 0 Å². The number of aliphatic hydroxyl groups is 2. The average Bonchev–Trinajstić information content (AvgIpc) is 2.86. The van der Waals surface area contributed by atoms with Crippen LogP contribution in [0.4, 0.5) is 0 Å². The lowest BCUT2D eigenvalue weighted by atomic mass is 9.93. The first-order valence-electron chi connectivity index (χ1n) is 11.3. The van der Waals surface area contributed by atoms with Crippen LogP contribution in [0.2, 0.25) is 0 Å². The van der Waals surface area contributed by atoms with Gasteiger partial charge in [-0.05, 0) is 35.4 Å². The molecule has 1 fully saturated rings. The smallest absolute Gasteiger partial charge is 0.204 e. The van der Waals surface area contributed by atoms with Gasteiger partial charge in [0.05, 0.1) is 12.3 Å². The van der Waals surface area contributed by atoms with E-state index in [9.17, 15) is 15.0 Å². The number of allylic oxidation sites excluding steroid dienone is 2. The summed E-state index contributed by atoms with van der Waals surface area (Å²) in [6.45, 7) is 5.13. The third-order valence-electron chi connectivity index (χ3n) is 6.02. The lowest BCUT2D eigenvalue weighted by Crippen LogP contribution is -2.42. The summed E-state index contributed by atoms with van der Waals surface area (Å²) in [4.78, 5) is 18.3. The number of nitrogens with one attached hydrogen (secondary N) is 1. The maximum atomic E-state index is 11.7. The number of nitrogens with zero attached hydrogens (tertiary/aromatic N) is 2. The fraction of sp³-hybridized carbons (Fsp3) is 0.333. The normalized spacial score (nSPS) is 17.5. The number of aliphatic imine (C=N–C) groups is 1. The lowest BCUT2D eigenvalue weighted by molar-refractivity contribution is -0.117. The van der Waals surface area contributed by atoms with Crippen LogP contribution in [0.15, 0.2) is 65.0 Å². The maximum absolute atomic E-state index is 11.7. The fourth-order valence-electron chi connectivity index (χ4n) is 4.03. The second-order valence-electron chi connectivity index (χ2n) is 8.41. The molecular formula is C27H29N3O3. The molecule has 2 heterocycles. The Hall–Kier alpha value is -3.24. The number of aliphatic hydroxyl groups excluding tert-OH is 2. The summed E-state index contributed by atoms with van der Waals surface area (Å²) in [5.41, 5.74) is 4.39. The minimum Gasteiger partial charge on any atom is -0.503 e. The first-order valence-corrected chi connectivity index (χ1v) is 11.3. The third-order valence-corrected chi connectivity index (χ3v) is 6.02. The second kappa shape index (κ2) is 11.1. The highest BCUT2D eigenvalue weighted by Gasteiger charge is 2.21. The molecule has 0 amide bonds. The summed E-state index contributed by atoms with van der Waals surface area (Å²) in [6.07, 6.45) is 1.92. The van der Waals surface area contributed by atoms with Gasteiger partial charge in [0.1, 0.15) is 0 Å². The van der Waals surface area contributed by atoms with E-state index in [0.29, 0.717) is 12.1 Å². The molecule has 2 aliphatic heterocycles. The number of carbonyl (C=O) groups excluding carboxylic acids is 1. The van der Waals surface area contributed by atoms with Crippen molar-refractivity contribution in [2.24, 2.45) is 4.99 Å². The molecule has 3 N–H and O–H groups in total. The van der Waals surface area contributed by atoms with Crippen molar-refractivity contribution in [3.63, 3.8) is 0 Å². The van der Waals surface area contributed by atoms with Gasteiger partial charge in [0.2, 0.25) is 5.78 Å². The van der Waals surface area contributed by atoms with E-state index in [-0.39, 0.29) is 30.5 Å². The van der Waals surface area contributed by atoms with Crippen molar-refractivity contribution in [1.82, 2.24) is 10.2 Å². The van der Waals surface area contributed by atoms with Gasteiger partial charge in [0.15, 0.2) is 5.76 Å². The van der Waals surface area contributed by atoms with Crippen molar-refractivity contribution in [2.75, 3.05) is 32.8 Å². The average molecular weight is 444 g/mol. The summed E-state index contributed by atoms with van der Waals surface area (Å²) in [7, 11) is 0. The molecule has 1 saturated heterocycles. The Morgan fingerprint density at radius 1 is 1.00 bits per heavy atom. The van der Waals surface area contributed by atoms with Crippen LogP contribution in [-0.2, 0) is 11.3 Å². The highest BCUT2D eigenvalue weighted by molar-refractivity contribution is 6.03. The van der Waals surface area contributed by atoms with Crippen LogP contribution in [-0.4, -0.2) is 59.9 Å². The molecule has 6 heteroatoms. The van der Waals surface area contributed by atoms with Crippen LogP contribution in [0.3, 0.4) is 0 Å². The number of hydrogen-bond donors (Lipinski definition) is 3. The Morgan fingerprint density at radius 3 is 2.27 bits per heavy atom. The summed E-state index contributed by atoms with van der Waals surface area (Å²) >= 11 is 0. The van der Waals surface area contributed by atoms with Crippen LogP contribution in [0.5, 0.6) is 0 Å². The number of piperazine rings is 1. The first kappa shape index (κ1) is 22.9. The van der Waals surface area contributed by atoms with E-state index >= 15 is 0 Å². The number of rotatable bonds is 6. The molecule has 2 aromatic carbocycles. The van der Waals surface area contributed by atoms with Gasteiger partial charge < -0.3 is 15.5 Å². The Kier molecular flexibility index (Phi) is 7.69. The molecule has 33 heavy (non-hydrogen) atoms. The Balaban J connectivity index is 1.38. The molecule has 2 aliphatic rings. The van der Waals surface area contributed by atoms with Crippen molar-refractivity contribution in [2.45, 2.75) is 25.3 Å². The highest BCUT2D eigenvalue weighted by atomic mass is 16.3. The zero-order valence-electron chi connectivity index (χ0n) is 18.6. The fourth-order valence-corrected chi connectivity index (χ4v) is 4.03. The largest absolute Gasteiger partial charge is 0.503 e. The second-order valence-corrected chi connectivity index (χ2v) is 8.41. The van der Waals surface area contributed by atoms with Gasteiger partial charge in [0, 0.05) is 68.8 Å². The number of ketones is 1. The predicted octanol–water partition coefficient (Wildman–Crippen LogP) is 2.77. The monoisotopic (exact) mass is 443 g/mol. The van der Waals surface area contributed by atoms with Crippen LogP contribution >= 0.6 is 0 Å². The van der Waals surface area contributed by atoms with Crippen molar-refractivity contribution >= 4 is 12.0 Å². The first-order chi connectivity index (χ1) is 16.1. The van der Waals surface area contributed by atoms with Gasteiger partial charge in [-0.2, -0.15) is 0 Å². The molecule has 0 radical (unpaired) electrons. The molecule has 170 valence electrons. The van der Waals surface area contributed by atoms with Crippen LogP contribution in [0.25, 0.3) is 0 Å². The van der Waals surface area contributed by atoms with Gasteiger partial charge in [-0.3, -0.25) is 14.7 Å². The molecule has 1 unspecified atom stereocenters. The van der Waals surface area contributed by atoms with Gasteiger partial charge in [0.25, 0.3) is 0 Å². The minimum absolute atomic E-state index is 0.105. The summed E-state index contributed by atoms with van der Waals surface area (Å²) in [5.74, 6) is 5.52. The molecule has 4 rings (SSSR count). The van der Waals surface area contributed by atoms with Crippen molar-refractivity contribution in [1.29, 1.82) is 0 Å². The van der Waals surface area contributed by atoms with Gasteiger partial charge in [-0.1, -0.05) is 36.1 Å². The lowest BCUT2D eigenvalue weighted by Gasteiger charge is -2.27. The summed E-state index contributed by atoms with van der Waals surface area (Å²) in [5, 5.41) is 23.2. The number of carbonyl (C=O) groups is 1. The minimum atomic E-state index is -0.334. The third kappa shape index (κ3) is 6.17. The van der Waals surface area contributed by atoms with Crippen LogP contribution in [0, 0.1) is 11.8 Å². The zero-order valence-corrected chi connectivity index (χ0v) is 18.6. The van der Waals surface area contributed by atoms with E-state index < -0.39 is 0 Å². The molecule has 1 atom stereocenters. The molecule has 0 aliphatic carbocycles. The van der Waals surface area contributed by atoms with E-state index in [1.165, 1.54) is 11.8 Å². The van der Waals surface area contributed by atoms with E-state index in [0.717, 1.165) is 49.4 Å². The summed E-state index contributed by atoms with van der Waals surface area (Å²) in [6, 6.07) is 16.1. The van der Waals surface area contributed by atoms with Crippen molar-refractivity contribution < 1.29 is 15.0 Å². The van der Waals surface area contributed by atoms with Gasteiger partial charge >= 0.3 is 0 Å². The highest BCUT2D eigenvalue weighted by Crippen LogP contribution is 2.27. The van der Waals surface area contributed by atoms with E-state index in [1.807, 2.05) is 24.3 Å². The van der Waals surface area contributed by atoms with E-state index in [4.69, 9.17) is 0 Å². The van der Waals surface area contributed by atoms with Crippen molar-refractivity contribution in [3.8, 4) is 11.8 Å². The number of hydrogen-bond acceptors (Lipinski definition) is 6. The van der Waals surface area contributed by atoms with Crippen LogP contribution in [0.1, 0.15) is 41.0 Å². The molecule has 0 saturated carbocycles. The zero-order chi connectivity index (χ0) is 23.0. The molecular weight excluding hydrogens is 414 g/mol. The molecule has 6 nitrogen and oxygen atoms in total. The summed E-state index contributed by atoms with van der Waals surface area (Å²) < 4.78 is 0. The topological polar surface area (TPSA) is 85.2 Å². The molecule has 0 bridgehead atoms. The SMILES string of the molecule is O=C1CC=NC(CC(CO)c2ccc(C#Cc3ccc(CN4CCNCC4)cc3)cc2)=C1O. The molecule has 0 aromatic heterocycles. The Labute approximate surface area is 194 Å². The maximum Gasteiger partial charge on any atom is 0.204 e. The molecule has 2 aromatic rings. The number of Topliss-reactive ketones (excluding diaryl/α,β-unsaturated/α-hetero) is 1. The van der Waals surface area contributed by atoms with Crippen LogP contribution < -0.4 is 5.32 Å². The molecule has 0 spiro atoms. The quantitative estimate of drug-likeness (QED) is 0.598. The Bertz CT molecular complexity index is 1090. The number of benzene rings is 2. The van der Waals surface area contributed by atoms with Crippen molar-refractivity contribution in [3.05, 3.63) is 82.2 Å². The predicted molar refractivity (Wildman–Crippen MR) is 129 cm³/mol. The Morgan fingerprint density at radius 2 is 1.64 bits per heavy atom.